The summed E-state index contributed by atoms with van der Waals surface area (Å²) in [4.78, 5) is 38.6. The van der Waals surface area contributed by atoms with Crippen LogP contribution in [0.4, 0.5) is 10.5 Å². The van der Waals surface area contributed by atoms with E-state index in [9.17, 15) is 14.4 Å². The van der Waals surface area contributed by atoms with Crippen molar-refractivity contribution in [2.24, 2.45) is 0 Å². The number of barbiturate groups is 1. The van der Waals surface area contributed by atoms with E-state index in [4.69, 9.17) is 4.74 Å². The van der Waals surface area contributed by atoms with Crippen LogP contribution in [-0.4, -0.2) is 24.5 Å². The Labute approximate surface area is 163 Å². The van der Waals surface area contributed by atoms with Gasteiger partial charge in [-0.25, -0.2) is 9.69 Å². The molecule has 0 atom stereocenters. The van der Waals surface area contributed by atoms with Crippen molar-refractivity contribution in [1.29, 1.82) is 0 Å². The second kappa shape index (κ2) is 7.92. The molecule has 0 unspecified atom stereocenters. The topological polar surface area (TPSA) is 75.7 Å². The predicted molar refractivity (Wildman–Crippen MR) is 107 cm³/mol. The molecule has 4 amide bonds. The summed E-state index contributed by atoms with van der Waals surface area (Å²) in [5.74, 6) is -0.730. The van der Waals surface area contributed by atoms with E-state index in [1.54, 1.807) is 43.3 Å². The van der Waals surface area contributed by atoms with Crippen LogP contribution in [0.1, 0.15) is 16.7 Å². The van der Waals surface area contributed by atoms with Gasteiger partial charge in [0.2, 0.25) is 0 Å². The number of hydrogen-bond donors (Lipinski definition) is 1. The minimum atomic E-state index is -0.756. The normalized spacial score (nSPS) is 15.6. The molecule has 1 aliphatic rings. The van der Waals surface area contributed by atoms with Gasteiger partial charge in [-0.05, 0) is 54.8 Å². The third-order valence-electron chi connectivity index (χ3n) is 4.27. The van der Waals surface area contributed by atoms with Gasteiger partial charge in [0, 0.05) is 0 Å². The molecule has 142 valence electrons. The van der Waals surface area contributed by atoms with Gasteiger partial charge in [-0.15, -0.1) is 0 Å². The highest BCUT2D eigenvalue weighted by atomic mass is 16.5. The standard InChI is InChI=1S/C22H20N2O4/c1-4-11-28-17-9-7-16(8-10-17)13-18-20(25)23-22(27)24(21(18)26)19-12-14(2)5-6-15(19)3/h4-10,12-13H,1,11H2,2-3H3,(H,23,25,27)/b18-13+. The molecule has 0 bridgehead atoms. The number of imide groups is 2. The summed E-state index contributed by atoms with van der Waals surface area (Å²) in [6.45, 7) is 7.64. The Morgan fingerprint density at radius 2 is 1.79 bits per heavy atom. The molecule has 2 aromatic rings. The van der Waals surface area contributed by atoms with Crippen molar-refractivity contribution in [3.8, 4) is 5.75 Å². The minimum Gasteiger partial charge on any atom is -0.490 e. The number of ether oxygens (including phenoxy) is 1. The average Bonchev–Trinajstić information content (AvgIpc) is 2.67. The third-order valence-corrected chi connectivity index (χ3v) is 4.27. The van der Waals surface area contributed by atoms with Crippen molar-refractivity contribution < 1.29 is 19.1 Å². The SMILES string of the molecule is C=CCOc1ccc(/C=C2\C(=O)NC(=O)N(c3cc(C)ccc3C)C2=O)cc1. The molecule has 1 saturated heterocycles. The van der Waals surface area contributed by atoms with E-state index in [2.05, 4.69) is 11.9 Å². The van der Waals surface area contributed by atoms with Crippen molar-refractivity contribution >= 4 is 29.6 Å². The van der Waals surface area contributed by atoms with Crippen LogP contribution in [-0.2, 0) is 9.59 Å². The van der Waals surface area contributed by atoms with Crippen LogP contribution in [0.5, 0.6) is 5.75 Å². The quantitative estimate of drug-likeness (QED) is 0.492. The number of nitrogens with one attached hydrogen (secondary N) is 1. The first-order valence-corrected chi connectivity index (χ1v) is 8.73. The van der Waals surface area contributed by atoms with Gasteiger partial charge in [0.1, 0.15) is 17.9 Å². The Morgan fingerprint density at radius 1 is 1.07 bits per heavy atom. The first-order chi connectivity index (χ1) is 13.4. The molecule has 0 saturated carbocycles. The lowest BCUT2D eigenvalue weighted by atomic mass is 10.0. The molecule has 1 heterocycles. The first kappa shape index (κ1) is 19.1. The largest absolute Gasteiger partial charge is 0.490 e. The van der Waals surface area contributed by atoms with Gasteiger partial charge in [0.15, 0.2) is 0 Å². The molecule has 0 radical (unpaired) electrons. The number of aryl methyl sites for hydroxylation is 2. The van der Waals surface area contributed by atoms with Crippen LogP contribution in [0, 0.1) is 13.8 Å². The van der Waals surface area contributed by atoms with E-state index in [0.29, 0.717) is 23.6 Å². The van der Waals surface area contributed by atoms with E-state index < -0.39 is 17.8 Å². The Morgan fingerprint density at radius 3 is 2.46 bits per heavy atom. The second-order valence-corrected chi connectivity index (χ2v) is 6.42. The van der Waals surface area contributed by atoms with Crippen molar-refractivity contribution in [3.05, 3.63) is 77.4 Å². The lowest BCUT2D eigenvalue weighted by molar-refractivity contribution is -0.122. The first-order valence-electron chi connectivity index (χ1n) is 8.73. The fraction of sp³-hybridized carbons (Fsp3) is 0.136. The number of rotatable bonds is 5. The number of urea groups is 1. The van der Waals surface area contributed by atoms with E-state index in [-0.39, 0.29) is 5.57 Å². The Hall–Kier alpha value is -3.67. The van der Waals surface area contributed by atoms with Crippen molar-refractivity contribution in [3.63, 3.8) is 0 Å². The number of carbonyl (C=O) groups is 3. The number of amides is 4. The average molecular weight is 376 g/mol. The molecule has 6 nitrogen and oxygen atoms in total. The van der Waals surface area contributed by atoms with Crippen LogP contribution >= 0.6 is 0 Å². The van der Waals surface area contributed by atoms with Crippen molar-refractivity contribution in [2.45, 2.75) is 13.8 Å². The lowest BCUT2D eigenvalue weighted by Gasteiger charge is -2.27. The molecule has 1 N–H and O–H groups in total. The molecule has 1 aliphatic heterocycles. The monoisotopic (exact) mass is 376 g/mol. The van der Waals surface area contributed by atoms with Gasteiger partial charge in [-0.3, -0.25) is 14.9 Å². The Bertz CT molecular complexity index is 990. The number of anilines is 1. The highest BCUT2D eigenvalue weighted by Gasteiger charge is 2.37. The smallest absolute Gasteiger partial charge is 0.335 e. The van der Waals surface area contributed by atoms with Gasteiger partial charge in [0.25, 0.3) is 11.8 Å². The summed E-state index contributed by atoms with van der Waals surface area (Å²) < 4.78 is 5.42. The maximum absolute atomic E-state index is 13.0. The molecular formula is C22H20N2O4. The Kier molecular flexibility index (Phi) is 5.40. The van der Waals surface area contributed by atoms with Crippen molar-refractivity contribution in [1.82, 2.24) is 5.32 Å². The molecule has 3 rings (SSSR count). The molecular weight excluding hydrogens is 356 g/mol. The zero-order chi connectivity index (χ0) is 20.3. The zero-order valence-electron chi connectivity index (χ0n) is 15.7. The number of benzene rings is 2. The molecule has 6 heteroatoms. The van der Waals surface area contributed by atoms with Crippen LogP contribution in [0.3, 0.4) is 0 Å². The van der Waals surface area contributed by atoms with Gasteiger partial charge in [-0.1, -0.05) is 36.9 Å². The summed E-state index contributed by atoms with van der Waals surface area (Å²) in [5, 5.41) is 2.24. The van der Waals surface area contributed by atoms with E-state index >= 15 is 0 Å². The molecule has 1 fully saturated rings. The van der Waals surface area contributed by atoms with Crippen LogP contribution in [0.25, 0.3) is 6.08 Å². The number of hydrogen-bond acceptors (Lipinski definition) is 4. The lowest BCUT2D eigenvalue weighted by Crippen LogP contribution is -2.54. The molecule has 28 heavy (non-hydrogen) atoms. The van der Waals surface area contributed by atoms with Gasteiger partial charge in [-0.2, -0.15) is 0 Å². The predicted octanol–water partition coefficient (Wildman–Crippen LogP) is 3.53. The van der Waals surface area contributed by atoms with Gasteiger partial charge in [0.05, 0.1) is 5.69 Å². The molecule has 0 aliphatic carbocycles. The fourth-order valence-electron chi connectivity index (χ4n) is 2.82. The van der Waals surface area contributed by atoms with Crippen LogP contribution < -0.4 is 15.0 Å². The highest BCUT2D eigenvalue weighted by Crippen LogP contribution is 2.26. The van der Waals surface area contributed by atoms with Crippen molar-refractivity contribution in [2.75, 3.05) is 11.5 Å². The highest BCUT2D eigenvalue weighted by molar-refractivity contribution is 6.39. The Balaban J connectivity index is 1.94. The van der Waals surface area contributed by atoms with Gasteiger partial charge < -0.3 is 4.74 Å². The van der Waals surface area contributed by atoms with Gasteiger partial charge >= 0.3 is 6.03 Å². The molecule has 2 aromatic carbocycles. The van der Waals surface area contributed by atoms with Crippen LogP contribution in [0.15, 0.2) is 60.7 Å². The zero-order valence-corrected chi connectivity index (χ0v) is 15.7. The summed E-state index contributed by atoms with van der Waals surface area (Å²) in [5.41, 5.74) is 2.64. The second-order valence-electron chi connectivity index (χ2n) is 6.42. The third kappa shape index (κ3) is 3.86. The van der Waals surface area contributed by atoms with E-state index in [0.717, 1.165) is 16.0 Å². The van der Waals surface area contributed by atoms with E-state index in [1.807, 2.05) is 19.1 Å². The summed E-state index contributed by atoms with van der Waals surface area (Å²) in [7, 11) is 0. The summed E-state index contributed by atoms with van der Waals surface area (Å²) in [6.07, 6.45) is 3.10. The van der Waals surface area contributed by atoms with E-state index in [1.165, 1.54) is 6.08 Å². The number of carbonyl (C=O) groups excluding carboxylic acids is 3. The summed E-state index contributed by atoms with van der Waals surface area (Å²) >= 11 is 0. The number of nitrogens with zero attached hydrogens (tertiary/aromatic N) is 1. The molecule has 0 aromatic heterocycles. The maximum Gasteiger partial charge on any atom is 0.335 e. The minimum absolute atomic E-state index is 0.111. The van der Waals surface area contributed by atoms with Crippen LogP contribution in [0.2, 0.25) is 0 Å². The fourth-order valence-corrected chi connectivity index (χ4v) is 2.82. The summed E-state index contributed by atoms with van der Waals surface area (Å²) in [6, 6.07) is 11.6. The maximum atomic E-state index is 13.0. The molecule has 0 spiro atoms.